The van der Waals surface area contributed by atoms with Gasteiger partial charge in [0.1, 0.15) is 5.75 Å². The number of nitrogens with zero attached hydrogens (tertiary/aromatic N) is 1. The fourth-order valence-corrected chi connectivity index (χ4v) is 2.39. The normalized spacial score (nSPS) is 9.89. The second-order valence-electron chi connectivity index (χ2n) is 5.68. The lowest BCUT2D eigenvalue weighted by atomic mass is 10.1. The molecule has 7 nitrogen and oxygen atoms in total. The van der Waals surface area contributed by atoms with Crippen LogP contribution in [0, 0.1) is 0 Å². The molecule has 0 fully saturated rings. The Morgan fingerprint density at radius 2 is 1.79 bits per heavy atom. The number of hydrogen-bond donors (Lipinski definition) is 3. The van der Waals surface area contributed by atoms with Gasteiger partial charge in [-0.1, -0.05) is 12.1 Å². The van der Waals surface area contributed by atoms with Crippen molar-refractivity contribution in [1.82, 2.24) is 4.98 Å². The molecule has 28 heavy (non-hydrogen) atoms. The van der Waals surface area contributed by atoms with Gasteiger partial charge in [0.2, 0.25) is 5.88 Å². The van der Waals surface area contributed by atoms with Crippen molar-refractivity contribution < 1.29 is 19.4 Å². The molecule has 0 spiro atoms. The van der Waals surface area contributed by atoms with Crippen molar-refractivity contribution in [3.63, 3.8) is 0 Å². The van der Waals surface area contributed by atoms with Gasteiger partial charge in [-0.2, -0.15) is 0 Å². The van der Waals surface area contributed by atoms with Crippen LogP contribution in [0.25, 0.3) is 0 Å². The van der Waals surface area contributed by atoms with Crippen LogP contribution in [0.3, 0.4) is 0 Å². The molecule has 0 aliphatic heterocycles. The van der Waals surface area contributed by atoms with E-state index in [4.69, 9.17) is 15.6 Å². The van der Waals surface area contributed by atoms with E-state index in [0.717, 1.165) is 5.56 Å². The minimum atomic E-state index is -1.06. The molecule has 0 bridgehead atoms. The monoisotopic (exact) mass is 399 g/mol. The van der Waals surface area contributed by atoms with Gasteiger partial charge in [-0.3, -0.25) is 4.79 Å². The van der Waals surface area contributed by atoms with Crippen LogP contribution in [-0.4, -0.2) is 22.0 Å². The number of aromatic carboxylic acids is 1. The van der Waals surface area contributed by atoms with Gasteiger partial charge in [0.25, 0.3) is 5.91 Å². The van der Waals surface area contributed by atoms with Crippen LogP contribution < -0.4 is 15.8 Å². The predicted octanol–water partition coefficient (Wildman–Crippen LogP) is 3.70. The first-order chi connectivity index (χ1) is 13.0. The summed E-state index contributed by atoms with van der Waals surface area (Å²) in [5.74, 6) is -0.617. The van der Waals surface area contributed by atoms with E-state index >= 15 is 0 Å². The van der Waals surface area contributed by atoms with Gasteiger partial charge in [-0.15, -0.1) is 12.4 Å². The number of nitrogens with one attached hydrogen (secondary N) is 1. The molecule has 0 saturated carbocycles. The average molecular weight is 400 g/mol. The molecule has 0 atom stereocenters. The first-order valence-electron chi connectivity index (χ1n) is 8.13. The molecule has 3 aromatic rings. The predicted molar refractivity (Wildman–Crippen MR) is 107 cm³/mol. The van der Waals surface area contributed by atoms with Crippen LogP contribution >= 0.6 is 12.4 Å². The second kappa shape index (κ2) is 9.50. The number of benzene rings is 2. The van der Waals surface area contributed by atoms with Crippen LogP contribution in [-0.2, 0) is 6.54 Å². The average Bonchev–Trinajstić information content (AvgIpc) is 2.68. The molecule has 1 amide bonds. The van der Waals surface area contributed by atoms with E-state index in [1.807, 2.05) is 0 Å². The zero-order valence-corrected chi connectivity index (χ0v) is 15.5. The lowest BCUT2D eigenvalue weighted by Crippen LogP contribution is -2.12. The molecule has 3 rings (SSSR count). The number of aromatic nitrogens is 1. The third kappa shape index (κ3) is 5.29. The maximum absolute atomic E-state index is 12.5. The van der Waals surface area contributed by atoms with Gasteiger partial charge in [0, 0.05) is 30.1 Å². The molecule has 0 unspecified atom stereocenters. The quantitative estimate of drug-likeness (QED) is 0.582. The number of ether oxygens (including phenoxy) is 1. The Labute approximate surface area is 167 Å². The van der Waals surface area contributed by atoms with E-state index in [0.29, 0.717) is 29.4 Å². The van der Waals surface area contributed by atoms with E-state index in [9.17, 15) is 9.59 Å². The highest BCUT2D eigenvalue weighted by Gasteiger charge is 2.10. The zero-order chi connectivity index (χ0) is 19.2. The highest BCUT2D eigenvalue weighted by molar-refractivity contribution is 6.05. The summed E-state index contributed by atoms with van der Waals surface area (Å²) in [6.45, 7) is 0.372. The molecule has 1 aromatic heterocycles. The van der Waals surface area contributed by atoms with Gasteiger partial charge in [-0.05, 0) is 48.0 Å². The SMILES string of the molecule is Cl.NCc1ccnc(Oc2cccc(C(=O)Nc3cccc(C(=O)O)c3)c2)c1. The van der Waals surface area contributed by atoms with Gasteiger partial charge in [0.15, 0.2) is 0 Å². The summed E-state index contributed by atoms with van der Waals surface area (Å²) < 4.78 is 5.69. The summed E-state index contributed by atoms with van der Waals surface area (Å²) in [6.07, 6.45) is 1.60. The van der Waals surface area contributed by atoms with E-state index in [1.165, 1.54) is 12.1 Å². The smallest absolute Gasteiger partial charge is 0.335 e. The van der Waals surface area contributed by atoms with E-state index < -0.39 is 5.97 Å². The molecule has 0 aliphatic carbocycles. The maximum Gasteiger partial charge on any atom is 0.335 e. The first kappa shape index (κ1) is 20.9. The van der Waals surface area contributed by atoms with E-state index in [-0.39, 0.29) is 23.9 Å². The number of carboxylic acid groups (broad SMARTS) is 1. The van der Waals surface area contributed by atoms with Crippen LogP contribution in [0.1, 0.15) is 26.3 Å². The number of halogens is 1. The van der Waals surface area contributed by atoms with Gasteiger partial charge < -0.3 is 20.9 Å². The number of anilines is 1. The first-order valence-corrected chi connectivity index (χ1v) is 8.13. The Hall–Kier alpha value is -3.42. The van der Waals surface area contributed by atoms with E-state index in [2.05, 4.69) is 10.3 Å². The minimum absolute atomic E-state index is 0. The van der Waals surface area contributed by atoms with Crippen molar-refractivity contribution in [2.75, 3.05) is 5.32 Å². The fraction of sp³-hybridized carbons (Fsp3) is 0.0500. The van der Waals surface area contributed by atoms with E-state index in [1.54, 1.807) is 54.7 Å². The largest absolute Gasteiger partial charge is 0.478 e. The van der Waals surface area contributed by atoms with Crippen LogP contribution in [0.15, 0.2) is 66.9 Å². The molecule has 0 aliphatic rings. The Balaban J connectivity index is 0.00000280. The Morgan fingerprint density at radius 3 is 2.54 bits per heavy atom. The van der Waals surface area contributed by atoms with Crippen LogP contribution in [0.4, 0.5) is 5.69 Å². The topological polar surface area (TPSA) is 115 Å². The number of rotatable bonds is 6. The lowest BCUT2D eigenvalue weighted by molar-refractivity contribution is 0.0696. The summed E-state index contributed by atoms with van der Waals surface area (Å²) in [5, 5.41) is 11.7. The minimum Gasteiger partial charge on any atom is -0.478 e. The number of hydrogen-bond acceptors (Lipinski definition) is 5. The van der Waals surface area contributed by atoms with Gasteiger partial charge in [0.05, 0.1) is 5.56 Å². The van der Waals surface area contributed by atoms with Gasteiger partial charge >= 0.3 is 5.97 Å². The van der Waals surface area contributed by atoms with Crippen molar-refractivity contribution in [3.05, 3.63) is 83.6 Å². The fourth-order valence-electron chi connectivity index (χ4n) is 2.39. The summed E-state index contributed by atoms with van der Waals surface area (Å²) in [7, 11) is 0. The van der Waals surface area contributed by atoms with Crippen molar-refractivity contribution in [1.29, 1.82) is 0 Å². The molecule has 0 radical (unpaired) electrons. The Morgan fingerprint density at radius 1 is 1.04 bits per heavy atom. The molecule has 144 valence electrons. The van der Waals surface area contributed by atoms with Crippen molar-refractivity contribution in [3.8, 4) is 11.6 Å². The molecular weight excluding hydrogens is 382 g/mol. The molecule has 8 heteroatoms. The molecule has 4 N–H and O–H groups in total. The number of amides is 1. The second-order valence-corrected chi connectivity index (χ2v) is 5.68. The molecule has 0 saturated heterocycles. The number of nitrogens with two attached hydrogens (primary N) is 1. The Bertz CT molecular complexity index is 994. The van der Waals surface area contributed by atoms with Crippen molar-refractivity contribution >= 4 is 30.0 Å². The molecular formula is C20H18ClN3O4. The lowest BCUT2D eigenvalue weighted by Gasteiger charge is -2.09. The summed E-state index contributed by atoms with van der Waals surface area (Å²) in [4.78, 5) is 27.6. The Kier molecular flexibility index (Phi) is 7.08. The number of carbonyl (C=O) groups is 2. The summed E-state index contributed by atoms with van der Waals surface area (Å²) in [6, 6.07) is 16.1. The van der Waals surface area contributed by atoms with Gasteiger partial charge in [-0.25, -0.2) is 9.78 Å². The summed E-state index contributed by atoms with van der Waals surface area (Å²) >= 11 is 0. The number of pyridine rings is 1. The number of carbonyl (C=O) groups excluding carboxylic acids is 1. The molecule has 2 aromatic carbocycles. The third-order valence-electron chi connectivity index (χ3n) is 3.72. The van der Waals surface area contributed by atoms with Crippen molar-refractivity contribution in [2.45, 2.75) is 6.54 Å². The summed E-state index contributed by atoms with van der Waals surface area (Å²) in [5.41, 5.74) is 7.34. The third-order valence-corrected chi connectivity index (χ3v) is 3.72. The highest BCUT2D eigenvalue weighted by atomic mass is 35.5. The number of carboxylic acids is 1. The highest BCUT2D eigenvalue weighted by Crippen LogP contribution is 2.22. The zero-order valence-electron chi connectivity index (χ0n) is 14.7. The van der Waals surface area contributed by atoms with Crippen LogP contribution in [0.2, 0.25) is 0 Å². The van der Waals surface area contributed by atoms with Crippen LogP contribution in [0.5, 0.6) is 11.6 Å². The standard InChI is InChI=1S/C20H17N3O4.ClH/c21-12-13-7-8-22-18(9-13)27-17-6-2-3-14(11-17)19(24)23-16-5-1-4-15(10-16)20(25)26;/h1-11H,12,21H2,(H,23,24)(H,25,26);1H. The van der Waals surface area contributed by atoms with Crippen molar-refractivity contribution in [2.24, 2.45) is 5.73 Å². The maximum atomic E-state index is 12.5. The molecule has 1 heterocycles.